The van der Waals surface area contributed by atoms with E-state index < -0.39 is 20.9 Å². The first-order chi connectivity index (χ1) is 10.7. The zero-order chi connectivity index (χ0) is 17.2. The standard InChI is InChI=1S/C14H12N2O6S.Na/c1-9-2-3-10(8-13(9)16(18)19)14(17)15-11-4-6-12(7-5-11)23(20,21)22;/h2-8H,1H3,(H2,20,21,22);/q;+1/p-1. The molecule has 0 aromatic heterocycles. The van der Waals surface area contributed by atoms with Crippen molar-refractivity contribution in [1.82, 2.24) is 0 Å². The van der Waals surface area contributed by atoms with Crippen molar-refractivity contribution in [2.75, 3.05) is 0 Å². The summed E-state index contributed by atoms with van der Waals surface area (Å²) in [7, 11) is -4.32. The van der Waals surface area contributed by atoms with Gasteiger partial charge in [0.05, 0.1) is 10.6 Å². The Kier molecular flexibility index (Phi) is 6.78. The molecule has 0 fully saturated rings. The molecule has 1 N–H and O–H groups in total. The van der Waals surface area contributed by atoms with Crippen LogP contribution in [0, 0.1) is 17.0 Å². The second-order valence-corrected chi connectivity index (χ2v) is 6.07. The molecule has 0 bridgehead atoms. The zero-order valence-electron chi connectivity index (χ0n) is 12.8. The molecule has 8 nitrogen and oxygen atoms in total. The van der Waals surface area contributed by atoms with Gasteiger partial charge in [0.2, 0.25) is 0 Å². The number of carbonyl (C=O) groups is 1. The van der Waals surface area contributed by atoms with Crippen molar-refractivity contribution in [2.24, 2.45) is 4.99 Å². The van der Waals surface area contributed by atoms with Gasteiger partial charge in [-0.25, -0.2) is 4.99 Å². The maximum absolute atomic E-state index is 12.0. The van der Waals surface area contributed by atoms with Crippen LogP contribution in [0.5, 0.6) is 0 Å². The topological polar surface area (TPSA) is 133 Å². The van der Waals surface area contributed by atoms with Crippen molar-refractivity contribution in [3.8, 4) is 0 Å². The summed E-state index contributed by atoms with van der Waals surface area (Å²) in [5.41, 5.74) is 0.434. The Hall–Kier alpha value is -1.62. The Bertz CT molecular complexity index is 884. The van der Waals surface area contributed by atoms with E-state index in [1.54, 1.807) is 6.92 Å². The van der Waals surface area contributed by atoms with E-state index in [1.807, 2.05) is 0 Å². The molecule has 0 saturated carbocycles. The Morgan fingerprint density at radius 1 is 1.25 bits per heavy atom. The normalized spacial score (nSPS) is 15.5. The molecule has 1 atom stereocenters. The van der Waals surface area contributed by atoms with Gasteiger partial charge in [-0.2, -0.15) is 0 Å². The quantitative estimate of drug-likeness (QED) is 0.302. The number of allylic oxidation sites excluding steroid dienone is 4. The van der Waals surface area contributed by atoms with Gasteiger partial charge in [0.15, 0.2) is 0 Å². The summed E-state index contributed by atoms with van der Waals surface area (Å²) in [6, 6.07) is 4.00. The molecule has 120 valence electrons. The summed E-state index contributed by atoms with van der Waals surface area (Å²) in [5.74, 6) is -0.701. The molecule has 1 unspecified atom stereocenters. The average molecular weight is 358 g/mol. The molecule has 24 heavy (non-hydrogen) atoms. The molecule has 2 rings (SSSR count). The fraction of sp³-hybridized carbons (Fsp3) is 0.0714. The fourth-order valence-corrected chi connectivity index (χ4v) is 2.29. The third-order valence-corrected chi connectivity index (χ3v) is 3.89. The van der Waals surface area contributed by atoms with Crippen LogP contribution in [0.1, 0.15) is 15.9 Å². The SMILES string of the molecule is Cc1ccc(C(=O)N=C2C=CC(=S(=O)([O-])O)C=C2)cc1[N+](=O)[O-].[Na+]. The van der Waals surface area contributed by atoms with Crippen LogP contribution in [-0.2, 0) is 10.1 Å². The minimum atomic E-state index is -4.32. The van der Waals surface area contributed by atoms with E-state index in [4.69, 9.17) is 4.55 Å². The van der Waals surface area contributed by atoms with E-state index >= 15 is 0 Å². The Balaban J connectivity index is 0.00000288. The average Bonchev–Trinajstić information content (AvgIpc) is 2.47. The van der Waals surface area contributed by atoms with E-state index in [0.29, 0.717) is 5.56 Å². The molecule has 1 aromatic carbocycles. The van der Waals surface area contributed by atoms with Crippen LogP contribution in [-0.4, -0.2) is 34.7 Å². The van der Waals surface area contributed by atoms with Crippen LogP contribution < -0.4 is 29.6 Å². The molecular formula is C14H11N2NaO6S. The van der Waals surface area contributed by atoms with Gasteiger partial charge >= 0.3 is 29.6 Å². The predicted octanol–water partition coefficient (Wildman–Crippen LogP) is -1.33. The van der Waals surface area contributed by atoms with Gasteiger partial charge in [0, 0.05) is 32.1 Å². The monoisotopic (exact) mass is 358 g/mol. The molecule has 1 amide bonds. The van der Waals surface area contributed by atoms with Crippen LogP contribution in [0.2, 0.25) is 0 Å². The van der Waals surface area contributed by atoms with Crippen LogP contribution in [0.25, 0.3) is 0 Å². The Morgan fingerprint density at radius 2 is 1.83 bits per heavy atom. The summed E-state index contributed by atoms with van der Waals surface area (Å²) in [5, 5.41) is 10.9. The molecule has 0 saturated heterocycles. The number of aliphatic imine (C=N–C) groups is 1. The number of rotatable bonds is 2. The zero-order valence-corrected chi connectivity index (χ0v) is 15.6. The first-order valence-electron chi connectivity index (χ1n) is 6.27. The van der Waals surface area contributed by atoms with Crippen molar-refractivity contribution in [2.45, 2.75) is 6.92 Å². The van der Waals surface area contributed by atoms with E-state index in [9.17, 15) is 23.7 Å². The summed E-state index contributed by atoms with van der Waals surface area (Å²) in [4.78, 5) is 25.7. The number of carbonyl (C=O) groups excluding carboxylic acids is 1. The number of nitro groups is 1. The summed E-state index contributed by atoms with van der Waals surface area (Å²) < 4.78 is 30.7. The van der Waals surface area contributed by atoms with Crippen LogP contribution >= 0.6 is 0 Å². The van der Waals surface area contributed by atoms with E-state index in [2.05, 4.69) is 4.99 Å². The number of benzene rings is 1. The molecule has 1 aromatic rings. The van der Waals surface area contributed by atoms with Crippen molar-refractivity contribution in [1.29, 1.82) is 0 Å². The molecule has 0 radical (unpaired) electrons. The van der Waals surface area contributed by atoms with E-state index in [0.717, 1.165) is 18.2 Å². The second kappa shape index (κ2) is 7.97. The van der Waals surface area contributed by atoms with E-state index in [-0.39, 0.29) is 51.4 Å². The van der Waals surface area contributed by atoms with Gasteiger partial charge in [-0.15, -0.1) is 0 Å². The van der Waals surface area contributed by atoms with Crippen molar-refractivity contribution in [3.63, 3.8) is 0 Å². The smallest absolute Gasteiger partial charge is 0.757 e. The molecule has 1 aliphatic carbocycles. The Morgan fingerprint density at radius 3 is 2.33 bits per heavy atom. The Labute approximate surface area is 160 Å². The maximum Gasteiger partial charge on any atom is 1.00 e. The number of nitro benzene ring substituents is 1. The van der Waals surface area contributed by atoms with E-state index in [1.165, 1.54) is 24.3 Å². The van der Waals surface area contributed by atoms with Crippen molar-refractivity contribution in [3.05, 3.63) is 63.7 Å². The number of aryl methyl sites for hydroxylation is 1. The summed E-state index contributed by atoms with van der Waals surface area (Å²) in [6.45, 7) is 1.55. The van der Waals surface area contributed by atoms with Gasteiger partial charge < -0.3 is 9.11 Å². The van der Waals surface area contributed by atoms with Crippen LogP contribution in [0.4, 0.5) is 5.69 Å². The summed E-state index contributed by atoms with van der Waals surface area (Å²) >= 11 is 0. The molecule has 0 spiro atoms. The fourth-order valence-electron chi connectivity index (χ4n) is 1.81. The third-order valence-electron chi connectivity index (χ3n) is 3.02. The summed E-state index contributed by atoms with van der Waals surface area (Å²) in [6.07, 6.45) is 4.67. The predicted molar refractivity (Wildman–Crippen MR) is 84.4 cm³/mol. The largest absolute Gasteiger partial charge is 1.00 e. The number of nitrogens with zero attached hydrogens (tertiary/aromatic N) is 2. The first kappa shape index (κ1) is 20.4. The number of amides is 1. The molecule has 0 heterocycles. The van der Waals surface area contributed by atoms with Crippen LogP contribution in [0.15, 0.2) is 47.5 Å². The van der Waals surface area contributed by atoms with Gasteiger partial charge in [0.1, 0.15) is 0 Å². The molecular weight excluding hydrogens is 347 g/mol. The number of hydrogen-bond donors (Lipinski definition) is 1. The van der Waals surface area contributed by atoms with Gasteiger partial charge in [-0.05, 0) is 37.3 Å². The van der Waals surface area contributed by atoms with Gasteiger partial charge in [-0.3, -0.25) is 19.1 Å². The number of hydrogen-bond acceptors (Lipinski definition) is 5. The second-order valence-electron chi connectivity index (χ2n) is 4.64. The molecule has 1 aliphatic rings. The minimum Gasteiger partial charge on any atom is -0.757 e. The van der Waals surface area contributed by atoms with Crippen molar-refractivity contribution >= 4 is 32.3 Å². The first-order valence-corrected chi connectivity index (χ1v) is 7.71. The maximum atomic E-state index is 12.0. The van der Waals surface area contributed by atoms with Crippen LogP contribution in [0.3, 0.4) is 0 Å². The van der Waals surface area contributed by atoms with Crippen molar-refractivity contribution < 1.29 is 52.6 Å². The van der Waals surface area contributed by atoms with Gasteiger partial charge in [0.25, 0.3) is 11.6 Å². The van der Waals surface area contributed by atoms with Gasteiger partial charge in [-0.1, -0.05) is 6.07 Å². The minimum absolute atomic E-state index is 0. The third kappa shape index (κ3) is 4.94. The molecule has 0 aliphatic heterocycles. The molecule has 10 heteroatoms.